The molecule has 2 heterocycles. The van der Waals surface area contributed by atoms with Crippen LogP contribution in [0.2, 0.25) is 5.15 Å². The Labute approximate surface area is 121 Å². The van der Waals surface area contributed by atoms with Crippen molar-refractivity contribution in [1.29, 1.82) is 0 Å². The van der Waals surface area contributed by atoms with E-state index >= 15 is 0 Å². The summed E-state index contributed by atoms with van der Waals surface area (Å²) in [5, 5.41) is 5.85. The predicted molar refractivity (Wildman–Crippen MR) is 77.9 cm³/mol. The van der Waals surface area contributed by atoms with E-state index in [9.17, 15) is 0 Å². The minimum atomic E-state index is -0.697. The third-order valence-electron chi connectivity index (χ3n) is 3.43. The summed E-state index contributed by atoms with van der Waals surface area (Å²) in [5.74, 6) is 0.465. The fourth-order valence-corrected chi connectivity index (χ4v) is 2.25. The Morgan fingerprint density at radius 1 is 1.40 bits per heavy atom. The zero-order valence-corrected chi connectivity index (χ0v) is 12.2. The molecular weight excluding hydrogens is 278 g/mol. The molecule has 0 fully saturated rings. The van der Waals surface area contributed by atoms with E-state index in [0.29, 0.717) is 17.5 Å². The molecule has 0 N–H and O–H groups in total. The van der Waals surface area contributed by atoms with Gasteiger partial charge in [-0.2, -0.15) is 0 Å². The van der Waals surface area contributed by atoms with Gasteiger partial charge in [0.05, 0.1) is 18.0 Å². The maximum absolute atomic E-state index is 8.80. The number of rotatable bonds is 4. The summed E-state index contributed by atoms with van der Waals surface area (Å²) >= 11 is 5.98. The molecule has 0 aliphatic heterocycles. The molecule has 0 radical (unpaired) electrons. The van der Waals surface area contributed by atoms with Crippen LogP contribution in [0.15, 0.2) is 23.6 Å². The second-order valence-electron chi connectivity index (χ2n) is 4.55. The molecule has 0 amide bonds. The zero-order chi connectivity index (χ0) is 14.8. The van der Waals surface area contributed by atoms with Gasteiger partial charge >= 0.3 is 0 Å². The summed E-state index contributed by atoms with van der Waals surface area (Å²) < 4.78 is 5.23. The Morgan fingerprint density at radius 3 is 2.75 bits per heavy atom. The molecule has 7 heteroatoms. The van der Waals surface area contributed by atoms with Crippen molar-refractivity contribution in [3.05, 3.63) is 39.6 Å². The summed E-state index contributed by atoms with van der Waals surface area (Å²) in [6.07, 6.45) is 3.91. The van der Waals surface area contributed by atoms with Gasteiger partial charge < -0.3 is 4.74 Å². The predicted octanol–water partition coefficient (Wildman–Crippen LogP) is 4.23. The number of ether oxygens (including phenoxy) is 1. The molecule has 0 aliphatic rings. The SMILES string of the molecule is CC[C@@](C)(N=[N+]=[N-])c1cnc(OC)c2cnc(Cl)cc12. The second-order valence-corrected chi connectivity index (χ2v) is 4.94. The summed E-state index contributed by atoms with van der Waals surface area (Å²) in [4.78, 5) is 11.3. The highest BCUT2D eigenvalue weighted by Crippen LogP contribution is 2.37. The largest absolute Gasteiger partial charge is 0.481 e. The quantitative estimate of drug-likeness (QED) is 0.366. The van der Waals surface area contributed by atoms with Crippen LogP contribution in [0.3, 0.4) is 0 Å². The molecule has 2 aromatic heterocycles. The third kappa shape index (κ3) is 2.35. The van der Waals surface area contributed by atoms with Crippen molar-refractivity contribution in [3.8, 4) is 5.88 Å². The van der Waals surface area contributed by atoms with Crippen LogP contribution in [-0.4, -0.2) is 17.1 Å². The van der Waals surface area contributed by atoms with Crippen LogP contribution in [0.25, 0.3) is 21.2 Å². The van der Waals surface area contributed by atoms with Gasteiger partial charge in [-0.25, -0.2) is 9.97 Å². The molecule has 1 atom stereocenters. The number of azide groups is 1. The van der Waals surface area contributed by atoms with E-state index in [0.717, 1.165) is 16.3 Å². The normalized spacial score (nSPS) is 13.6. The van der Waals surface area contributed by atoms with E-state index in [-0.39, 0.29) is 0 Å². The van der Waals surface area contributed by atoms with Crippen molar-refractivity contribution in [2.45, 2.75) is 25.8 Å². The zero-order valence-electron chi connectivity index (χ0n) is 11.5. The van der Waals surface area contributed by atoms with Crippen molar-refractivity contribution in [3.63, 3.8) is 0 Å². The Hall–Kier alpha value is -2.04. The van der Waals surface area contributed by atoms with Gasteiger partial charge in [0.2, 0.25) is 5.88 Å². The first kappa shape index (κ1) is 14.4. The first-order valence-electron chi connectivity index (χ1n) is 6.10. The Balaban J connectivity index is 2.83. The number of aromatic nitrogens is 2. The Bertz CT molecular complexity index is 698. The average Bonchev–Trinajstić information content (AvgIpc) is 2.45. The first-order chi connectivity index (χ1) is 9.55. The molecular formula is C13H14ClN5O. The highest BCUT2D eigenvalue weighted by atomic mass is 35.5. The van der Waals surface area contributed by atoms with Crippen LogP contribution in [0.5, 0.6) is 5.88 Å². The molecule has 20 heavy (non-hydrogen) atoms. The number of halogens is 1. The highest BCUT2D eigenvalue weighted by Gasteiger charge is 2.27. The molecule has 104 valence electrons. The van der Waals surface area contributed by atoms with Gasteiger partial charge in [-0.3, -0.25) is 0 Å². The molecule has 0 spiro atoms. The molecule has 2 aromatic rings. The standard InChI is InChI=1S/C13H14ClN5O/c1-4-13(2,18-19-15)10-7-17-12(20-3)9-6-16-11(14)5-8(9)10/h5-7H,4H2,1-3H3/t13-/m1/s1. The molecule has 0 unspecified atom stereocenters. The van der Waals surface area contributed by atoms with Crippen LogP contribution < -0.4 is 4.74 Å². The topological polar surface area (TPSA) is 83.8 Å². The van der Waals surface area contributed by atoms with Crippen LogP contribution >= 0.6 is 11.6 Å². The van der Waals surface area contributed by atoms with Crippen molar-refractivity contribution < 1.29 is 4.74 Å². The minimum absolute atomic E-state index is 0.367. The molecule has 6 nitrogen and oxygen atoms in total. The summed E-state index contributed by atoms with van der Waals surface area (Å²) in [6.45, 7) is 3.82. The van der Waals surface area contributed by atoms with Crippen LogP contribution in [0.1, 0.15) is 25.8 Å². The fourth-order valence-electron chi connectivity index (χ4n) is 2.09. The van der Waals surface area contributed by atoms with Crippen LogP contribution in [-0.2, 0) is 5.54 Å². The summed E-state index contributed by atoms with van der Waals surface area (Å²) in [6, 6.07) is 1.73. The lowest BCUT2D eigenvalue weighted by Crippen LogP contribution is -2.18. The smallest absolute Gasteiger partial charge is 0.222 e. The Morgan fingerprint density at radius 2 is 2.15 bits per heavy atom. The molecule has 0 saturated carbocycles. The fraction of sp³-hybridized carbons (Fsp3) is 0.385. The van der Waals surface area contributed by atoms with Gasteiger partial charge in [-0.15, -0.1) is 0 Å². The minimum Gasteiger partial charge on any atom is -0.481 e. The van der Waals surface area contributed by atoms with E-state index in [1.54, 1.807) is 25.6 Å². The van der Waals surface area contributed by atoms with Crippen LogP contribution in [0.4, 0.5) is 0 Å². The average molecular weight is 292 g/mol. The van der Waals surface area contributed by atoms with Crippen molar-refractivity contribution >= 4 is 22.4 Å². The molecule has 0 aliphatic carbocycles. The summed E-state index contributed by atoms with van der Waals surface area (Å²) in [7, 11) is 1.54. The summed E-state index contributed by atoms with van der Waals surface area (Å²) in [5.41, 5.74) is 8.90. The maximum Gasteiger partial charge on any atom is 0.222 e. The van der Waals surface area contributed by atoms with Gasteiger partial charge in [0.15, 0.2) is 0 Å². The van der Waals surface area contributed by atoms with E-state index in [1.165, 1.54) is 0 Å². The number of fused-ring (bicyclic) bond motifs is 1. The molecule has 0 bridgehead atoms. The third-order valence-corrected chi connectivity index (χ3v) is 3.64. The molecule has 2 rings (SSSR count). The van der Waals surface area contributed by atoms with Gasteiger partial charge in [0.1, 0.15) is 5.15 Å². The highest BCUT2D eigenvalue weighted by molar-refractivity contribution is 6.30. The first-order valence-corrected chi connectivity index (χ1v) is 6.48. The van der Waals surface area contributed by atoms with E-state index in [4.69, 9.17) is 21.9 Å². The van der Waals surface area contributed by atoms with E-state index in [1.807, 2.05) is 13.8 Å². The lowest BCUT2D eigenvalue weighted by Gasteiger charge is -2.24. The number of pyridine rings is 2. The van der Waals surface area contributed by atoms with Gasteiger partial charge in [-0.05, 0) is 35.9 Å². The van der Waals surface area contributed by atoms with Crippen molar-refractivity contribution in [1.82, 2.24) is 9.97 Å². The van der Waals surface area contributed by atoms with E-state index < -0.39 is 5.54 Å². The van der Waals surface area contributed by atoms with Gasteiger partial charge in [0, 0.05) is 17.3 Å². The second kappa shape index (κ2) is 5.53. The molecule has 0 saturated heterocycles. The monoisotopic (exact) mass is 291 g/mol. The van der Waals surface area contributed by atoms with Crippen molar-refractivity contribution in [2.24, 2.45) is 5.11 Å². The number of methoxy groups -OCH3 is 1. The van der Waals surface area contributed by atoms with E-state index in [2.05, 4.69) is 20.0 Å². The number of nitrogens with zero attached hydrogens (tertiary/aromatic N) is 5. The van der Waals surface area contributed by atoms with Crippen LogP contribution in [0, 0.1) is 0 Å². The lowest BCUT2D eigenvalue weighted by molar-refractivity contribution is 0.401. The Kier molecular flexibility index (Phi) is 3.97. The maximum atomic E-state index is 8.80. The number of hydrogen-bond donors (Lipinski definition) is 0. The number of hydrogen-bond acceptors (Lipinski definition) is 4. The van der Waals surface area contributed by atoms with Crippen molar-refractivity contribution in [2.75, 3.05) is 7.11 Å². The lowest BCUT2D eigenvalue weighted by atomic mass is 9.88. The van der Waals surface area contributed by atoms with Gasteiger partial charge in [-0.1, -0.05) is 23.6 Å². The van der Waals surface area contributed by atoms with Gasteiger partial charge in [0.25, 0.3) is 0 Å². The molecule has 0 aromatic carbocycles.